The Morgan fingerprint density at radius 3 is 2.69 bits per heavy atom. The Bertz CT molecular complexity index is 437. The summed E-state index contributed by atoms with van der Waals surface area (Å²) in [5, 5.41) is 0. The molecule has 0 aromatic carbocycles. The molecular weight excluding hydrogens is 162 g/mol. The number of hydrogen-bond acceptors (Lipinski definition) is 2. The maximum atomic E-state index is 5.29. The first-order valence-corrected chi connectivity index (χ1v) is 3.82. The van der Waals surface area contributed by atoms with E-state index in [0.29, 0.717) is 0 Å². The molecule has 0 unspecified atom stereocenters. The van der Waals surface area contributed by atoms with Gasteiger partial charge in [-0.2, -0.15) is 0 Å². The van der Waals surface area contributed by atoms with Gasteiger partial charge in [-0.3, -0.25) is 9.55 Å². The number of nitrogens with zero attached hydrogens (tertiary/aromatic N) is 3. The molecule has 0 saturated carbocycles. The van der Waals surface area contributed by atoms with Crippen molar-refractivity contribution in [2.45, 2.75) is 0 Å². The normalized spacial score (nSPS) is 9.46. The van der Waals surface area contributed by atoms with Gasteiger partial charge in [0.15, 0.2) is 5.82 Å². The molecule has 3 heteroatoms. The number of terminal acetylenes is 1. The van der Waals surface area contributed by atoms with Gasteiger partial charge in [-0.25, -0.2) is 4.98 Å². The zero-order valence-electron chi connectivity index (χ0n) is 6.88. The zero-order valence-corrected chi connectivity index (χ0v) is 6.88. The highest BCUT2D eigenvalue weighted by molar-refractivity contribution is 5.55. The van der Waals surface area contributed by atoms with Crippen molar-refractivity contribution < 1.29 is 0 Å². The molecule has 62 valence electrons. The van der Waals surface area contributed by atoms with E-state index < -0.39 is 0 Å². The van der Waals surface area contributed by atoms with Crippen LogP contribution in [0.3, 0.4) is 0 Å². The third-order valence-corrected chi connectivity index (χ3v) is 1.72. The minimum absolute atomic E-state index is 0.768. The van der Waals surface area contributed by atoms with Crippen LogP contribution in [0.4, 0.5) is 0 Å². The Morgan fingerprint density at radius 2 is 2.00 bits per heavy atom. The Balaban J connectivity index is 2.54. The van der Waals surface area contributed by atoms with Crippen LogP contribution in [0.2, 0.25) is 0 Å². The van der Waals surface area contributed by atoms with E-state index in [1.807, 2.05) is 12.1 Å². The van der Waals surface area contributed by atoms with E-state index in [1.165, 1.54) is 0 Å². The van der Waals surface area contributed by atoms with Gasteiger partial charge in [0.1, 0.15) is 0 Å². The van der Waals surface area contributed by atoms with Crippen LogP contribution in [0.15, 0.2) is 36.9 Å². The van der Waals surface area contributed by atoms with Crippen molar-refractivity contribution in [2.24, 2.45) is 0 Å². The molecule has 0 radical (unpaired) electrons. The summed E-state index contributed by atoms with van der Waals surface area (Å²) in [7, 11) is 0. The van der Waals surface area contributed by atoms with E-state index in [1.54, 1.807) is 29.4 Å². The van der Waals surface area contributed by atoms with Crippen LogP contribution in [-0.2, 0) is 0 Å². The Labute approximate surface area is 76.1 Å². The predicted octanol–water partition coefficient (Wildman–Crippen LogP) is 1.38. The second-order valence-electron chi connectivity index (χ2n) is 2.49. The predicted molar refractivity (Wildman–Crippen MR) is 49.7 cm³/mol. The topological polar surface area (TPSA) is 30.7 Å². The Morgan fingerprint density at radius 1 is 1.23 bits per heavy atom. The van der Waals surface area contributed by atoms with E-state index in [9.17, 15) is 0 Å². The largest absolute Gasteiger partial charge is 0.265 e. The molecule has 0 aliphatic heterocycles. The van der Waals surface area contributed by atoms with Crippen LogP contribution in [0.25, 0.3) is 11.4 Å². The lowest BCUT2D eigenvalue weighted by Gasteiger charge is -1.98. The molecule has 2 aromatic rings. The van der Waals surface area contributed by atoms with Crippen molar-refractivity contribution in [3.63, 3.8) is 0 Å². The third-order valence-electron chi connectivity index (χ3n) is 1.72. The van der Waals surface area contributed by atoms with Crippen LogP contribution >= 0.6 is 0 Å². The summed E-state index contributed by atoms with van der Waals surface area (Å²) in [4.78, 5) is 8.07. The Kier molecular flexibility index (Phi) is 1.81. The number of imidazole rings is 1. The standard InChI is InChI=1S/C10H7N3/c1-2-13-8-7-12-10(13)9-3-5-11-6-4-9/h1,3-8H. The number of hydrogen-bond donors (Lipinski definition) is 0. The van der Waals surface area contributed by atoms with Gasteiger partial charge in [0.25, 0.3) is 0 Å². The Hall–Kier alpha value is -2.08. The van der Waals surface area contributed by atoms with Crippen molar-refractivity contribution in [3.8, 4) is 23.9 Å². The monoisotopic (exact) mass is 169 g/mol. The van der Waals surface area contributed by atoms with Crippen molar-refractivity contribution in [1.29, 1.82) is 0 Å². The number of aromatic nitrogens is 3. The summed E-state index contributed by atoms with van der Waals surface area (Å²) in [6.07, 6.45) is 12.1. The lowest BCUT2D eigenvalue weighted by Crippen LogP contribution is -1.90. The van der Waals surface area contributed by atoms with Crippen LogP contribution < -0.4 is 0 Å². The SMILES string of the molecule is C#Cn1ccnc1-c1ccncc1. The fraction of sp³-hybridized carbons (Fsp3) is 0. The van der Waals surface area contributed by atoms with Gasteiger partial charge in [-0.1, -0.05) is 6.42 Å². The maximum absolute atomic E-state index is 5.29. The summed E-state index contributed by atoms with van der Waals surface area (Å²) in [6.45, 7) is 0. The summed E-state index contributed by atoms with van der Waals surface area (Å²) in [6, 6.07) is 6.25. The van der Waals surface area contributed by atoms with Crippen LogP contribution in [0.5, 0.6) is 0 Å². The quantitative estimate of drug-likeness (QED) is 0.604. The molecule has 0 aliphatic rings. The molecule has 0 bridgehead atoms. The first-order valence-electron chi connectivity index (χ1n) is 3.82. The molecule has 0 atom stereocenters. The highest BCUT2D eigenvalue weighted by Crippen LogP contribution is 2.14. The van der Waals surface area contributed by atoms with Gasteiger partial charge in [-0.15, -0.1) is 0 Å². The summed E-state index contributed by atoms with van der Waals surface area (Å²) >= 11 is 0. The molecule has 13 heavy (non-hydrogen) atoms. The van der Waals surface area contributed by atoms with Crippen molar-refractivity contribution in [1.82, 2.24) is 14.5 Å². The van der Waals surface area contributed by atoms with E-state index in [2.05, 4.69) is 16.0 Å². The molecule has 2 heterocycles. The van der Waals surface area contributed by atoms with Gasteiger partial charge in [-0.05, 0) is 12.1 Å². The summed E-state index contributed by atoms with van der Waals surface area (Å²) in [5.74, 6) is 0.768. The fourth-order valence-electron chi connectivity index (χ4n) is 1.12. The number of rotatable bonds is 1. The molecule has 0 amide bonds. The average Bonchev–Trinajstić information content (AvgIpc) is 2.67. The molecular formula is C10H7N3. The van der Waals surface area contributed by atoms with Crippen molar-refractivity contribution in [3.05, 3.63) is 36.9 Å². The zero-order chi connectivity index (χ0) is 9.10. The minimum Gasteiger partial charge on any atom is -0.265 e. The maximum Gasteiger partial charge on any atom is 0.151 e. The van der Waals surface area contributed by atoms with Gasteiger partial charge < -0.3 is 0 Å². The lowest BCUT2D eigenvalue weighted by molar-refractivity contribution is 1.12. The summed E-state index contributed by atoms with van der Waals surface area (Å²) < 4.78 is 1.63. The smallest absolute Gasteiger partial charge is 0.151 e. The third kappa shape index (κ3) is 1.30. The van der Waals surface area contributed by atoms with E-state index in [-0.39, 0.29) is 0 Å². The highest BCUT2D eigenvalue weighted by atomic mass is 15.0. The molecule has 2 rings (SSSR count). The van der Waals surface area contributed by atoms with Gasteiger partial charge in [0.2, 0.25) is 0 Å². The lowest BCUT2D eigenvalue weighted by atomic mass is 10.2. The summed E-state index contributed by atoms with van der Waals surface area (Å²) in [5.41, 5.74) is 0.970. The molecule has 0 saturated heterocycles. The average molecular weight is 169 g/mol. The molecule has 0 fully saturated rings. The number of pyridine rings is 1. The molecule has 2 aromatic heterocycles. The second-order valence-corrected chi connectivity index (χ2v) is 2.49. The van der Waals surface area contributed by atoms with E-state index >= 15 is 0 Å². The van der Waals surface area contributed by atoms with Crippen LogP contribution in [0.1, 0.15) is 0 Å². The fourth-order valence-corrected chi connectivity index (χ4v) is 1.12. The first kappa shape index (κ1) is 7.56. The van der Waals surface area contributed by atoms with Crippen LogP contribution in [-0.4, -0.2) is 14.5 Å². The van der Waals surface area contributed by atoms with Gasteiger partial charge in [0, 0.05) is 36.4 Å². The van der Waals surface area contributed by atoms with Crippen molar-refractivity contribution >= 4 is 0 Å². The second kappa shape index (κ2) is 3.11. The van der Waals surface area contributed by atoms with Gasteiger partial charge in [0.05, 0.1) is 0 Å². The first-order chi connectivity index (χ1) is 6.42. The van der Waals surface area contributed by atoms with Gasteiger partial charge >= 0.3 is 0 Å². The van der Waals surface area contributed by atoms with Crippen molar-refractivity contribution in [2.75, 3.05) is 0 Å². The minimum atomic E-state index is 0.768. The van der Waals surface area contributed by atoms with E-state index in [4.69, 9.17) is 6.42 Å². The van der Waals surface area contributed by atoms with E-state index in [0.717, 1.165) is 11.4 Å². The van der Waals surface area contributed by atoms with Crippen LogP contribution in [0, 0.1) is 12.5 Å². The molecule has 3 nitrogen and oxygen atoms in total. The molecule has 0 aliphatic carbocycles. The molecule has 0 N–H and O–H groups in total. The molecule has 0 spiro atoms. The highest BCUT2D eigenvalue weighted by Gasteiger charge is 2.02.